The minimum Gasteiger partial charge on any atom is -0.493 e. The standard InChI is InChI=1S/C15H22ClN5O2/c1-4-6-7-21-15(18-19-20-21)17-10-11-8-12(16)14(23-5-2)13(9-11)22-3/h8-9H,4-7,10H2,1-3H3,(H,17,18,20). The molecule has 1 aromatic heterocycles. The Balaban J connectivity index is 2.09. The van der Waals surface area contributed by atoms with Gasteiger partial charge in [-0.25, -0.2) is 4.68 Å². The van der Waals surface area contributed by atoms with E-state index in [1.807, 2.05) is 19.1 Å². The molecule has 0 unspecified atom stereocenters. The molecule has 0 aliphatic heterocycles. The van der Waals surface area contributed by atoms with E-state index in [0.29, 0.717) is 35.6 Å². The largest absolute Gasteiger partial charge is 0.493 e. The number of tetrazole rings is 1. The number of anilines is 1. The van der Waals surface area contributed by atoms with E-state index in [0.717, 1.165) is 24.9 Å². The molecule has 0 bridgehead atoms. The lowest BCUT2D eigenvalue weighted by molar-refractivity contribution is 0.311. The third kappa shape index (κ3) is 4.48. The predicted octanol–water partition coefficient (Wildman–Crippen LogP) is 3.15. The molecule has 0 aliphatic carbocycles. The number of halogens is 1. The van der Waals surface area contributed by atoms with Crippen molar-refractivity contribution in [2.75, 3.05) is 19.0 Å². The molecule has 7 nitrogen and oxygen atoms in total. The monoisotopic (exact) mass is 339 g/mol. The Morgan fingerprint density at radius 1 is 1.30 bits per heavy atom. The van der Waals surface area contributed by atoms with Gasteiger partial charge in [0.1, 0.15) is 0 Å². The summed E-state index contributed by atoms with van der Waals surface area (Å²) in [6.45, 7) is 5.89. The van der Waals surface area contributed by atoms with Crippen LogP contribution in [0.15, 0.2) is 12.1 Å². The smallest absolute Gasteiger partial charge is 0.243 e. The van der Waals surface area contributed by atoms with Crippen LogP contribution in [0.25, 0.3) is 0 Å². The maximum absolute atomic E-state index is 6.27. The summed E-state index contributed by atoms with van der Waals surface area (Å²) in [6.07, 6.45) is 2.12. The number of benzene rings is 1. The highest BCUT2D eigenvalue weighted by Crippen LogP contribution is 2.36. The van der Waals surface area contributed by atoms with E-state index in [1.165, 1.54) is 0 Å². The molecular formula is C15H22ClN5O2. The summed E-state index contributed by atoms with van der Waals surface area (Å²) in [7, 11) is 1.59. The van der Waals surface area contributed by atoms with Crippen LogP contribution in [0.1, 0.15) is 32.3 Å². The minimum atomic E-state index is 0.522. The Labute approximate surface area is 140 Å². The molecule has 0 spiro atoms. The number of methoxy groups -OCH3 is 1. The third-order valence-corrected chi connectivity index (χ3v) is 3.56. The first-order valence-corrected chi connectivity index (χ1v) is 8.06. The highest BCUT2D eigenvalue weighted by Gasteiger charge is 2.12. The van der Waals surface area contributed by atoms with Crippen molar-refractivity contribution >= 4 is 17.5 Å². The van der Waals surface area contributed by atoms with Crippen LogP contribution in [-0.2, 0) is 13.1 Å². The molecular weight excluding hydrogens is 318 g/mol. The van der Waals surface area contributed by atoms with Crippen LogP contribution < -0.4 is 14.8 Å². The quantitative estimate of drug-likeness (QED) is 0.756. The van der Waals surface area contributed by atoms with Gasteiger partial charge in [0.05, 0.1) is 18.7 Å². The van der Waals surface area contributed by atoms with E-state index >= 15 is 0 Å². The summed E-state index contributed by atoms with van der Waals surface area (Å²) >= 11 is 6.27. The van der Waals surface area contributed by atoms with Gasteiger partial charge in [-0.3, -0.25) is 0 Å². The second-order valence-electron chi connectivity index (χ2n) is 4.97. The molecule has 1 heterocycles. The lowest BCUT2D eigenvalue weighted by Crippen LogP contribution is -2.09. The number of hydrogen-bond donors (Lipinski definition) is 1. The number of ether oxygens (including phenoxy) is 2. The summed E-state index contributed by atoms with van der Waals surface area (Å²) in [5.74, 6) is 1.82. The summed E-state index contributed by atoms with van der Waals surface area (Å²) in [4.78, 5) is 0. The van der Waals surface area contributed by atoms with Crippen LogP contribution in [0.2, 0.25) is 5.02 Å². The Bertz CT molecular complexity index is 632. The lowest BCUT2D eigenvalue weighted by Gasteiger charge is -2.13. The van der Waals surface area contributed by atoms with Crippen LogP contribution in [0.4, 0.5) is 5.95 Å². The van der Waals surface area contributed by atoms with Crippen LogP contribution in [0.3, 0.4) is 0 Å². The number of aromatic nitrogens is 4. The van der Waals surface area contributed by atoms with E-state index < -0.39 is 0 Å². The SMILES string of the molecule is CCCCn1nnnc1NCc1cc(Cl)c(OCC)c(OC)c1. The summed E-state index contributed by atoms with van der Waals surface area (Å²) in [5, 5.41) is 15.4. The first kappa shape index (κ1) is 17.3. The molecule has 2 aromatic rings. The van der Waals surface area contributed by atoms with Gasteiger partial charge in [-0.1, -0.05) is 30.0 Å². The highest BCUT2D eigenvalue weighted by molar-refractivity contribution is 6.32. The average Bonchev–Trinajstić information content (AvgIpc) is 3.00. The topological polar surface area (TPSA) is 74.1 Å². The second kappa shape index (κ2) is 8.57. The maximum Gasteiger partial charge on any atom is 0.243 e. The number of aryl methyl sites for hydroxylation is 1. The molecule has 1 aromatic carbocycles. The van der Waals surface area contributed by atoms with Crippen LogP contribution >= 0.6 is 11.6 Å². The molecule has 23 heavy (non-hydrogen) atoms. The van der Waals surface area contributed by atoms with E-state index in [4.69, 9.17) is 21.1 Å². The summed E-state index contributed by atoms with van der Waals surface area (Å²) in [6, 6.07) is 3.74. The zero-order valence-electron chi connectivity index (χ0n) is 13.7. The Morgan fingerprint density at radius 3 is 2.83 bits per heavy atom. The molecule has 0 saturated heterocycles. The molecule has 2 rings (SSSR count). The van der Waals surface area contributed by atoms with Crippen LogP contribution in [-0.4, -0.2) is 33.9 Å². The van der Waals surface area contributed by atoms with Crippen molar-refractivity contribution in [3.63, 3.8) is 0 Å². The number of hydrogen-bond acceptors (Lipinski definition) is 6. The van der Waals surface area contributed by atoms with Crippen LogP contribution in [0.5, 0.6) is 11.5 Å². The van der Waals surface area contributed by atoms with Crippen LogP contribution in [0, 0.1) is 0 Å². The fourth-order valence-corrected chi connectivity index (χ4v) is 2.42. The summed E-state index contributed by atoms with van der Waals surface area (Å²) in [5.41, 5.74) is 0.959. The normalized spacial score (nSPS) is 10.6. The predicted molar refractivity (Wildman–Crippen MR) is 89.2 cm³/mol. The van der Waals surface area contributed by atoms with Gasteiger partial charge >= 0.3 is 0 Å². The number of unbranched alkanes of at least 4 members (excludes halogenated alkanes) is 1. The average molecular weight is 340 g/mol. The van der Waals surface area contributed by atoms with Crippen molar-refractivity contribution in [1.29, 1.82) is 0 Å². The van der Waals surface area contributed by atoms with Crippen molar-refractivity contribution in [3.05, 3.63) is 22.7 Å². The molecule has 0 fully saturated rings. The van der Waals surface area contributed by atoms with Crippen molar-refractivity contribution in [3.8, 4) is 11.5 Å². The minimum absolute atomic E-state index is 0.522. The fraction of sp³-hybridized carbons (Fsp3) is 0.533. The molecule has 0 radical (unpaired) electrons. The third-order valence-electron chi connectivity index (χ3n) is 3.28. The Hall–Kier alpha value is -2.02. The molecule has 8 heteroatoms. The fourth-order valence-electron chi connectivity index (χ4n) is 2.13. The maximum atomic E-state index is 6.27. The van der Waals surface area contributed by atoms with Gasteiger partial charge in [-0.15, -0.1) is 0 Å². The number of rotatable bonds is 9. The highest BCUT2D eigenvalue weighted by atomic mass is 35.5. The van der Waals surface area contributed by atoms with E-state index in [2.05, 4.69) is 27.8 Å². The van der Waals surface area contributed by atoms with Gasteiger partial charge < -0.3 is 14.8 Å². The molecule has 0 atom stereocenters. The van der Waals surface area contributed by atoms with Gasteiger partial charge in [0.2, 0.25) is 5.95 Å². The van der Waals surface area contributed by atoms with Crippen molar-refractivity contribution < 1.29 is 9.47 Å². The zero-order valence-corrected chi connectivity index (χ0v) is 14.4. The van der Waals surface area contributed by atoms with Crippen molar-refractivity contribution in [2.45, 2.75) is 39.8 Å². The first-order chi connectivity index (χ1) is 11.2. The second-order valence-corrected chi connectivity index (χ2v) is 5.38. The zero-order chi connectivity index (χ0) is 16.7. The lowest BCUT2D eigenvalue weighted by atomic mass is 10.2. The van der Waals surface area contributed by atoms with Crippen molar-refractivity contribution in [2.24, 2.45) is 0 Å². The van der Waals surface area contributed by atoms with Gasteiger partial charge in [0.25, 0.3) is 0 Å². The number of nitrogens with one attached hydrogen (secondary N) is 1. The van der Waals surface area contributed by atoms with Crippen molar-refractivity contribution in [1.82, 2.24) is 20.2 Å². The van der Waals surface area contributed by atoms with E-state index in [9.17, 15) is 0 Å². The van der Waals surface area contributed by atoms with Gasteiger partial charge in [-0.05, 0) is 41.5 Å². The first-order valence-electron chi connectivity index (χ1n) is 7.68. The Morgan fingerprint density at radius 2 is 2.13 bits per heavy atom. The van der Waals surface area contributed by atoms with Gasteiger partial charge in [0, 0.05) is 13.1 Å². The molecule has 1 N–H and O–H groups in total. The molecule has 0 amide bonds. The number of nitrogens with zero attached hydrogens (tertiary/aromatic N) is 4. The Kier molecular flexibility index (Phi) is 6.46. The van der Waals surface area contributed by atoms with Gasteiger partial charge in [0.15, 0.2) is 11.5 Å². The van der Waals surface area contributed by atoms with Gasteiger partial charge in [-0.2, -0.15) is 0 Å². The summed E-state index contributed by atoms with van der Waals surface area (Å²) < 4.78 is 12.6. The molecule has 0 saturated carbocycles. The van der Waals surface area contributed by atoms with E-state index in [1.54, 1.807) is 11.8 Å². The molecule has 0 aliphatic rings. The van der Waals surface area contributed by atoms with E-state index in [-0.39, 0.29) is 0 Å². The molecule has 126 valence electrons.